The highest BCUT2D eigenvalue weighted by molar-refractivity contribution is 5.96. The van der Waals surface area contributed by atoms with Gasteiger partial charge in [-0.05, 0) is 42.0 Å². The van der Waals surface area contributed by atoms with Gasteiger partial charge in [-0.15, -0.1) is 0 Å². The molecule has 1 amide bonds. The van der Waals surface area contributed by atoms with Gasteiger partial charge in [0.05, 0.1) is 32.9 Å². The van der Waals surface area contributed by atoms with E-state index in [1.165, 1.54) is 0 Å². The highest BCUT2D eigenvalue weighted by atomic mass is 16.5. The number of hydrogen-bond acceptors (Lipinski definition) is 5. The van der Waals surface area contributed by atoms with Crippen molar-refractivity contribution >= 4 is 17.1 Å². The van der Waals surface area contributed by atoms with Crippen molar-refractivity contribution in [2.45, 2.75) is 13.1 Å². The molecule has 0 aliphatic carbocycles. The molecule has 0 aliphatic rings. The van der Waals surface area contributed by atoms with E-state index < -0.39 is 0 Å². The summed E-state index contributed by atoms with van der Waals surface area (Å²) in [6, 6.07) is 18.7. The third-order valence-corrected chi connectivity index (χ3v) is 4.82. The molecular formula is C23H22N4O3. The minimum atomic E-state index is -0.222. The van der Waals surface area contributed by atoms with Crippen molar-refractivity contribution in [1.29, 1.82) is 0 Å². The second-order valence-corrected chi connectivity index (χ2v) is 6.69. The van der Waals surface area contributed by atoms with E-state index in [0.717, 1.165) is 28.3 Å². The molecule has 2 aromatic carbocycles. The van der Waals surface area contributed by atoms with Crippen LogP contribution in [0.25, 0.3) is 11.2 Å². The number of imidazole rings is 1. The SMILES string of the molecule is COc1cccc(Cn2c(CNC(=O)c3ccccc3OC)nc3cccnc32)c1. The van der Waals surface area contributed by atoms with Crippen LogP contribution in [0.1, 0.15) is 21.7 Å². The summed E-state index contributed by atoms with van der Waals surface area (Å²) in [6.45, 7) is 0.821. The topological polar surface area (TPSA) is 78.3 Å². The zero-order chi connectivity index (χ0) is 20.9. The molecule has 1 N–H and O–H groups in total. The number of nitrogens with one attached hydrogen (secondary N) is 1. The zero-order valence-corrected chi connectivity index (χ0v) is 16.8. The fourth-order valence-corrected chi connectivity index (χ4v) is 3.35. The Morgan fingerprint density at radius 1 is 1.03 bits per heavy atom. The van der Waals surface area contributed by atoms with Gasteiger partial charge in [-0.2, -0.15) is 0 Å². The maximum Gasteiger partial charge on any atom is 0.255 e. The first kappa shape index (κ1) is 19.4. The first-order valence-electron chi connectivity index (χ1n) is 9.54. The van der Waals surface area contributed by atoms with Gasteiger partial charge in [0, 0.05) is 6.20 Å². The predicted octanol–water partition coefficient (Wildman–Crippen LogP) is 3.43. The fraction of sp³-hybridized carbons (Fsp3) is 0.174. The quantitative estimate of drug-likeness (QED) is 0.512. The van der Waals surface area contributed by atoms with Crippen molar-refractivity contribution in [3.63, 3.8) is 0 Å². The van der Waals surface area contributed by atoms with E-state index in [0.29, 0.717) is 17.9 Å². The van der Waals surface area contributed by atoms with Crippen LogP contribution in [0.4, 0.5) is 0 Å². The van der Waals surface area contributed by atoms with Gasteiger partial charge < -0.3 is 19.4 Å². The van der Waals surface area contributed by atoms with Crippen molar-refractivity contribution < 1.29 is 14.3 Å². The van der Waals surface area contributed by atoms with Crippen molar-refractivity contribution in [2.75, 3.05) is 14.2 Å². The Hall–Kier alpha value is -3.87. The maximum absolute atomic E-state index is 12.7. The first-order valence-corrected chi connectivity index (χ1v) is 9.54. The van der Waals surface area contributed by atoms with Gasteiger partial charge in [0.25, 0.3) is 5.91 Å². The highest BCUT2D eigenvalue weighted by Gasteiger charge is 2.16. The molecule has 0 fully saturated rings. The number of carbonyl (C=O) groups is 1. The lowest BCUT2D eigenvalue weighted by atomic mass is 10.2. The summed E-state index contributed by atoms with van der Waals surface area (Å²) in [5.41, 5.74) is 3.08. The molecule has 0 unspecified atom stereocenters. The van der Waals surface area contributed by atoms with Crippen LogP contribution in [0, 0.1) is 0 Å². The minimum absolute atomic E-state index is 0.222. The molecule has 0 radical (unpaired) electrons. The number of carbonyl (C=O) groups excluding carboxylic acids is 1. The van der Waals surface area contributed by atoms with E-state index in [4.69, 9.17) is 9.47 Å². The Labute approximate surface area is 174 Å². The standard InChI is InChI=1S/C23H22N4O3/c1-29-17-8-5-7-16(13-17)15-27-21(26-19-10-6-12-24-22(19)27)14-25-23(28)18-9-3-4-11-20(18)30-2/h3-13H,14-15H2,1-2H3,(H,25,28). The van der Waals surface area contributed by atoms with Crippen LogP contribution >= 0.6 is 0 Å². The smallest absolute Gasteiger partial charge is 0.255 e. The normalized spacial score (nSPS) is 10.7. The summed E-state index contributed by atoms with van der Waals surface area (Å²) in [5.74, 6) is 1.81. The van der Waals surface area contributed by atoms with Crippen molar-refractivity contribution in [3.8, 4) is 11.5 Å². The number of rotatable bonds is 7. The third-order valence-electron chi connectivity index (χ3n) is 4.82. The Balaban J connectivity index is 1.62. The number of benzene rings is 2. The molecule has 0 bridgehead atoms. The van der Waals surface area contributed by atoms with E-state index in [1.54, 1.807) is 38.6 Å². The highest BCUT2D eigenvalue weighted by Crippen LogP contribution is 2.20. The van der Waals surface area contributed by atoms with Crippen molar-refractivity contribution in [1.82, 2.24) is 19.9 Å². The molecule has 0 saturated carbocycles. The second-order valence-electron chi connectivity index (χ2n) is 6.69. The molecule has 30 heavy (non-hydrogen) atoms. The van der Waals surface area contributed by atoms with Gasteiger partial charge in [0.1, 0.15) is 22.8 Å². The molecule has 4 rings (SSSR count). The second kappa shape index (κ2) is 8.65. The predicted molar refractivity (Wildman–Crippen MR) is 114 cm³/mol. The number of hydrogen-bond donors (Lipinski definition) is 1. The van der Waals surface area contributed by atoms with E-state index in [2.05, 4.69) is 15.3 Å². The number of pyridine rings is 1. The Bertz CT molecular complexity index is 1190. The van der Waals surface area contributed by atoms with Gasteiger partial charge in [-0.25, -0.2) is 9.97 Å². The number of ether oxygens (including phenoxy) is 2. The van der Waals surface area contributed by atoms with Gasteiger partial charge in [-0.1, -0.05) is 24.3 Å². The summed E-state index contributed by atoms with van der Waals surface area (Å²) < 4.78 is 12.6. The van der Waals surface area contributed by atoms with Crippen LogP contribution in [-0.4, -0.2) is 34.7 Å². The lowest BCUT2D eigenvalue weighted by Crippen LogP contribution is -2.25. The number of para-hydroxylation sites is 1. The van der Waals surface area contributed by atoms with Crippen LogP contribution in [-0.2, 0) is 13.1 Å². The summed E-state index contributed by atoms with van der Waals surface area (Å²) >= 11 is 0. The maximum atomic E-state index is 12.7. The molecule has 0 spiro atoms. The number of methoxy groups -OCH3 is 2. The summed E-state index contributed by atoms with van der Waals surface area (Å²) in [4.78, 5) is 21.9. The Morgan fingerprint density at radius 2 is 1.90 bits per heavy atom. The van der Waals surface area contributed by atoms with Crippen LogP contribution in [0.3, 0.4) is 0 Å². The Morgan fingerprint density at radius 3 is 2.73 bits per heavy atom. The van der Waals surface area contributed by atoms with Crippen LogP contribution in [0.15, 0.2) is 66.9 Å². The fourth-order valence-electron chi connectivity index (χ4n) is 3.35. The molecule has 4 aromatic rings. The molecule has 2 heterocycles. The van der Waals surface area contributed by atoms with E-state index in [1.807, 2.05) is 47.0 Å². The van der Waals surface area contributed by atoms with Gasteiger partial charge >= 0.3 is 0 Å². The average molecular weight is 402 g/mol. The molecule has 7 heteroatoms. The van der Waals surface area contributed by atoms with E-state index >= 15 is 0 Å². The summed E-state index contributed by atoms with van der Waals surface area (Å²) in [5, 5.41) is 2.94. The van der Waals surface area contributed by atoms with Crippen molar-refractivity contribution in [3.05, 3.63) is 83.8 Å². The number of aromatic nitrogens is 3. The molecule has 2 aromatic heterocycles. The van der Waals surface area contributed by atoms with Crippen LogP contribution in [0.5, 0.6) is 11.5 Å². The van der Waals surface area contributed by atoms with Gasteiger partial charge in [0.15, 0.2) is 5.65 Å². The van der Waals surface area contributed by atoms with Gasteiger partial charge in [-0.3, -0.25) is 4.79 Å². The van der Waals surface area contributed by atoms with E-state index in [-0.39, 0.29) is 12.5 Å². The largest absolute Gasteiger partial charge is 0.497 e. The minimum Gasteiger partial charge on any atom is -0.497 e. The lowest BCUT2D eigenvalue weighted by molar-refractivity contribution is 0.0946. The molecule has 0 saturated heterocycles. The number of fused-ring (bicyclic) bond motifs is 1. The monoisotopic (exact) mass is 402 g/mol. The average Bonchev–Trinajstić information content (AvgIpc) is 3.14. The third kappa shape index (κ3) is 3.96. The molecule has 152 valence electrons. The van der Waals surface area contributed by atoms with Crippen LogP contribution < -0.4 is 14.8 Å². The summed E-state index contributed by atoms with van der Waals surface area (Å²) in [6.07, 6.45) is 1.74. The Kier molecular flexibility index (Phi) is 5.61. The molecule has 7 nitrogen and oxygen atoms in total. The van der Waals surface area contributed by atoms with Crippen LogP contribution in [0.2, 0.25) is 0 Å². The van der Waals surface area contributed by atoms with Crippen molar-refractivity contribution in [2.24, 2.45) is 0 Å². The zero-order valence-electron chi connectivity index (χ0n) is 16.8. The molecule has 0 aliphatic heterocycles. The number of nitrogens with zero attached hydrogens (tertiary/aromatic N) is 3. The molecular weight excluding hydrogens is 380 g/mol. The molecule has 0 atom stereocenters. The number of amides is 1. The van der Waals surface area contributed by atoms with Gasteiger partial charge in [0.2, 0.25) is 0 Å². The first-order chi connectivity index (χ1) is 14.7. The summed E-state index contributed by atoms with van der Waals surface area (Å²) in [7, 11) is 3.19. The van der Waals surface area contributed by atoms with E-state index in [9.17, 15) is 4.79 Å². The lowest BCUT2D eigenvalue weighted by Gasteiger charge is -2.12.